The summed E-state index contributed by atoms with van der Waals surface area (Å²) in [6, 6.07) is 11.9. The number of aromatic nitrogens is 3. The summed E-state index contributed by atoms with van der Waals surface area (Å²) in [5.74, 6) is 0.846. The third-order valence-electron chi connectivity index (χ3n) is 2.68. The molecule has 5 heteroatoms. The molecule has 0 unspecified atom stereocenters. The molecule has 0 amide bonds. The Morgan fingerprint density at radius 2 is 2.06 bits per heavy atom. The molecule has 0 bridgehead atoms. The third-order valence-corrected chi connectivity index (χ3v) is 3.45. The van der Waals surface area contributed by atoms with Gasteiger partial charge in [0.25, 0.3) is 0 Å². The molecule has 3 rings (SSSR count). The van der Waals surface area contributed by atoms with Crippen LogP contribution in [0.15, 0.2) is 53.3 Å². The van der Waals surface area contributed by atoms with Crippen LogP contribution >= 0.6 is 15.9 Å². The highest BCUT2D eigenvalue weighted by atomic mass is 79.9. The quantitative estimate of drug-likeness (QED) is 0.808. The fraction of sp³-hybridized carbons (Fsp3) is 0.0769. The van der Waals surface area contributed by atoms with Crippen LogP contribution in [0.5, 0.6) is 0 Å². The van der Waals surface area contributed by atoms with E-state index in [1.54, 1.807) is 10.7 Å². The van der Waals surface area contributed by atoms with E-state index in [4.69, 9.17) is 0 Å². The van der Waals surface area contributed by atoms with Gasteiger partial charge < -0.3 is 5.32 Å². The Morgan fingerprint density at radius 1 is 1.17 bits per heavy atom. The Balaban J connectivity index is 1.78. The predicted octanol–water partition coefficient (Wildman–Crippen LogP) is 3.10. The van der Waals surface area contributed by atoms with Gasteiger partial charge in [-0.05, 0) is 17.7 Å². The molecule has 4 nitrogen and oxygen atoms in total. The highest BCUT2D eigenvalue weighted by Crippen LogP contribution is 2.17. The van der Waals surface area contributed by atoms with Crippen molar-refractivity contribution in [1.82, 2.24) is 14.6 Å². The first kappa shape index (κ1) is 11.2. The zero-order valence-corrected chi connectivity index (χ0v) is 11.1. The predicted molar refractivity (Wildman–Crippen MR) is 74.5 cm³/mol. The smallest absolute Gasteiger partial charge is 0.157 e. The van der Waals surface area contributed by atoms with Gasteiger partial charge in [0.15, 0.2) is 5.65 Å². The molecule has 0 saturated heterocycles. The zero-order chi connectivity index (χ0) is 12.4. The SMILES string of the molecule is Brc1ccccc1CNc1ccn2nccc2n1. The largest absolute Gasteiger partial charge is 0.366 e. The number of hydrogen-bond acceptors (Lipinski definition) is 3. The number of anilines is 1. The van der Waals surface area contributed by atoms with Crippen LogP contribution in [0.4, 0.5) is 5.82 Å². The van der Waals surface area contributed by atoms with Gasteiger partial charge in [-0.2, -0.15) is 5.10 Å². The maximum atomic E-state index is 4.45. The van der Waals surface area contributed by atoms with Gasteiger partial charge in [-0.25, -0.2) is 9.50 Å². The lowest BCUT2D eigenvalue weighted by Crippen LogP contribution is -2.03. The number of rotatable bonds is 3. The molecular formula is C13H11BrN4. The molecule has 0 saturated carbocycles. The fourth-order valence-corrected chi connectivity index (χ4v) is 2.16. The first-order chi connectivity index (χ1) is 8.83. The van der Waals surface area contributed by atoms with Crippen LogP contribution in [-0.4, -0.2) is 14.6 Å². The molecule has 2 aromatic heterocycles. The van der Waals surface area contributed by atoms with E-state index in [1.165, 1.54) is 5.56 Å². The Morgan fingerprint density at radius 3 is 2.94 bits per heavy atom. The van der Waals surface area contributed by atoms with E-state index in [2.05, 4.69) is 37.4 Å². The number of halogens is 1. The van der Waals surface area contributed by atoms with Gasteiger partial charge in [0.2, 0.25) is 0 Å². The average Bonchev–Trinajstić information content (AvgIpc) is 2.85. The van der Waals surface area contributed by atoms with Gasteiger partial charge in [0, 0.05) is 23.3 Å². The summed E-state index contributed by atoms with van der Waals surface area (Å²) < 4.78 is 2.84. The van der Waals surface area contributed by atoms with Gasteiger partial charge >= 0.3 is 0 Å². The zero-order valence-electron chi connectivity index (χ0n) is 9.55. The molecule has 2 heterocycles. The summed E-state index contributed by atoms with van der Waals surface area (Å²) in [6.45, 7) is 0.735. The van der Waals surface area contributed by atoms with Crippen molar-refractivity contribution in [2.24, 2.45) is 0 Å². The van der Waals surface area contributed by atoms with Crippen LogP contribution < -0.4 is 5.32 Å². The number of fused-ring (bicyclic) bond motifs is 1. The topological polar surface area (TPSA) is 42.2 Å². The molecular weight excluding hydrogens is 292 g/mol. The van der Waals surface area contributed by atoms with E-state index in [9.17, 15) is 0 Å². The first-order valence-corrected chi connectivity index (χ1v) is 6.40. The Labute approximate surface area is 113 Å². The molecule has 0 spiro atoms. The summed E-state index contributed by atoms with van der Waals surface area (Å²) in [5, 5.41) is 7.41. The van der Waals surface area contributed by atoms with Crippen LogP contribution in [0, 0.1) is 0 Å². The van der Waals surface area contributed by atoms with E-state index < -0.39 is 0 Å². The van der Waals surface area contributed by atoms with Crippen molar-refractivity contribution in [3.05, 3.63) is 58.8 Å². The summed E-state index contributed by atoms with van der Waals surface area (Å²) in [5.41, 5.74) is 2.04. The Bertz CT molecular complexity index is 677. The molecule has 0 aliphatic carbocycles. The van der Waals surface area contributed by atoms with Crippen LogP contribution in [0.25, 0.3) is 5.65 Å². The van der Waals surface area contributed by atoms with Crippen molar-refractivity contribution in [3.63, 3.8) is 0 Å². The second-order valence-electron chi connectivity index (χ2n) is 3.89. The lowest BCUT2D eigenvalue weighted by molar-refractivity contribution is 0.936. The van der Waals surface area contributed by atoms with Crippen LogP contribution in [-0.2, 0) is 6.54 Å². The fourth-order valence-electron chi connectivity index (χ4n) is 1.74. The molecule has 1 aromatic carbocycles. The van der Waals surface area contributed by atoms with Crippen molar-refractivity contribution in [1.29, 1.82) is 0 Å². The molecule has 0 fully saturated rings. The normalized spacial score (nSPS) is 10.7. The third kappa shape index (κ3) is 2.22. The minimum Gasteiger partial charge on any atom is -0.366 e. The van der Waals surface area contributed by atoms with Crippen molar-refractivity contribution >= 4 is 27.4 Å². The average molecular weight is 303 g/mol. The first-order valence-electron chi connectivity index (χ1n) is 5.60. The lowest BCUT2D eigenvalue weighted by atomic mass is 10.2. The minimum atomic E-state index is 0.735. The molecule has 0 aliphatic rings. The second-order valence-corrected chi connectivity index (χ2v) is 4.75. The lowest BCUT2D eigenvalue weighted by Gasteiger charge is -2.07. The highest BCUT2D eigenvalue weighted by molar-refractivity contribution is 9.10. The molecule has 1 N–H and O–H groups in total. The van der Waals surface area contributed by atoms with Gasteiger partial charge in [-0.3, -0.25) is 0 Å². The number of benzene rings is 1. The number of nitrogens with zero attached hydrogens (tertiary/aromatic N) is 3. The molecule has 0 aliphatic heterocycles. The van der Waals surface area contributed by atoms with Crippen molar-refractivity contribution < 1.29 is 0 Å². The van der Waals surface area contributed by atoms with Crippen molar-refractivity contribution in [3.8, 4) is 0 Å². The standard InChI is InChI=1S/C13H11BrN4/c14-11-4-2-1-3-10(11)9-15-12-6-8-18-13(17-12)5-7-16-18/h1-8H,9H2,(H,15,17). The van der Waals surface area contributed by atoms with Crippen molar-refractivity contribution in [2.75, 3.05) is 5.32 Å². The van der Waals surface area contributed by atoms with E-state index in [0.717, 1.165) is 22.5 Å². The molecule has 0 atom stereocenters. The molecule has 3 aromatic rings. The molecule has 18 heavy (non-hydrogen) atoms. The Kier molecular flexibility index (Phi) is 2.98. The number of hydrogen-bond donors (Lipinski definition) is 1. The van der Waals surface area contributed by atoms with Gasteiger partial charge in [-0.1, -0.05) is 34.1 Å². The highest BCUT2D eigenvalue weighted by Gasteiger charge is 2.00. The van der Waals surface area contributed by atoms with Crippen molar-refractivity contribution in [2.45, 2.75) is 6.54 Å². The summed E-state index contributed by atoms with van der Waals surface area (Å²) >= 11 is 3.53. The maximum absolute atomic E-state index is 4.45. The summed E-state index contributed by atoms with van der Waals surface area (Å²) in [6.07, 6.45) is 3.63. The summed E-state index contributed by atoms with van der Waals surface area (Å²) in [7, 11) is 0. The monoisotopic (exact) mass is 302 g/mol. The van der Waals surface area contributed by atoms with Crippen LogP contribution in [0.3, 0.4) is 0 Å². The van der Waals surface area contributed by atoms with E-state index >= 15 is 0 Å². The second kappa shape index (κ2) is 4.78. The van der Waals surface area contributed by atoms with E-state index in [-0.39, 0.29) is 0 Å². The maximum Gasteiger partial charge on any atom is 0.157 e. The van der Waals surface area contributed by atoms with E-state index in [1.807, 2.05) is 36.5 Å². The molecule has 0 radical (unpaired) electrons. The van der Waals surface area contributed by atoms with Gasteiger partial charge in [0.1, 0.15) is 5.82 Å². The van der Waals surface area contributed by atoms with Crippen LogP contribution in [0.2, 0.25) is 0 Å². The minimum absolute atomic E-state index is 0.735. The Hall–Kier alpha value is -1.88. The van der Waals surface area contributed by atoms with Crippen LogP contribution in [0.1, 0.15) is 5.56 Å². The van der Waals surface area contributed by atoms with Gasteiger partial charge in [0.05, 0.1) is 6.20 Å². The van der Waals surface area contributed by atoms with Gasteiger partial charge in [-0.15, -0.1) is 0 Å². The van der Waals surface area contributed by atoms with E-state index in [0.29, 0.717) is 0 Å². The molecule has 90 valence electrons. The summed E-state index contributed by atoms with van der Waals surface area (Å²) in [4.78, 5) is 4.45. The number of nitrogens with one attached hydrogen (secondary N) is 1.